The van der Waals surface area contributed by atoms with E-state index in [4.69, 9.17) is 11.1 Å². The number of halogens is 3. The van der Waals surface area contributed by atoms with Crippen molar-refractivity contribution in [2.24, 2.45) is 17.6 Å². The van der Waals surface area contributed by atoms with E-state index in [-0.39, 0.29) is 23.4 Å². The van der Waals surface area contributed by atoms with E-state index >= 15 is 0 Å². The molecule has 0 radical (unpaired) electrons. The van der Waals surface area contributed by atoms with Crippen molar-refractivity contribution in [1.29, 1.82) is 5.41 Å². The zero-order valence-corrected chi connectivity index (χ0v) is 17.6. The summed E-state index contributed by atoms with van der Waals surface area (Å²) >= 11 is 0. The third-order valence-electron chi connectivity index (χ3n) is 5.88. The van der Waals surface area contributed by atoms with Crippen LogP contribution in [0.15, 0.2) is 42.6 Å². The highest BCUT2D eigenvalue weighted by Gasteiger charge is 2.35. The van der Waals surface area contributed by atoms with Gasteiger partial charge in [0.2, 0.25) is 0 Å². The summed E-state index contributed by atoms with van der Waals surface area (Å²) in [5.41, 5.74) is 6.09. The molecule has 1 aliphatic rings. The maximum Gasteiger partial charge on any atom is 0.434 e. The van der Waals surface area contributed by atoms with Gasteiger partial charge in [-0.25, -0.2) is 19.9 Å². The van der Waals surface area contributed by atoms with Crippen LogP contribution in [-0.4, -0.2) is 43.1 Å². The lowest BCUT2D eigenvalue weighted by molar-refractivity contribution is -0.141. The number of fused-ring (bicyclic) bond motifs is 1. The van der Waals surface area contributed by atoms with Crippen molar-refractivity contribution in [2.45, 2.75) is 32.5 Å². The van der Waals surface area contributed by atoms with E-state index in [9.17, 15) is 13.2 Å². The fourth-order valence-corrected chi connectivity index (χ4v) is 4.25. The van der Waals surface area contributed by atoms with Gasteiger partial charge < -0.3 is 16.0 Å². The highest BCUT2D eigenvalue weighted by Crippen LogP contribution is 2.35. The Morgan fingerprint density at radius 3 is 2.69 bits per heavy atom. The zero-order chi connectivity index (χ0) is 23.0. The number of nitrogens with two attached hydrogens (primary N) is 1. The average molecular weight is 444 g/mol. The van der Waals surface area contributed by atoms with E-state index in [1.54, 1.807) is 12.3 Å². The lowest BCUT2D eigenvalue weighted by Crippen LogP contribution is -2.48. The monoisotopic (exact) mass is 444 g/mol. The predicted octanol–water partition coefficient (Wildman–Crippen LogP) is 3.55. The minimum Gasteiger partial charge on any atom is -0.404 e. The van der Waals surface area contributed by atoms with E-state index in [0.717, 1.165) is 30.9 Å². The molecule has 3 aromatic heterocycles. The SMILES string of the molecule is CC1CC(/C(C=N)=C/N)C(C)N(c2ccnc(-c3cnc4cnc(C(F)(F)F)cn34)n2)C1. The van der Waals surface area contributed by atoms with E-state index in [1.165, 1.54) is 23.0 Å². The lowest BCUT2D eigenvalue weighted by atomic mass is 9.80. The van der Waals surface area contributed by atoms with Crippen LogP contribution in [0.4, 0.5) is 19.0 Å². The highest BCUT2D eigenvalue weighted by molar-refractivity contribution is 5.76. The lowest BCUT2D eigenvalue weighted by Gasteiger charge is -2.43. The van der Waals surface area contributed by atoms with Gasteiger partial charge in [-0.15, -0.1) is 0 Å². The molecule has 1 aliphatic heterocycles. The molecule has 4 heterocycles. The minimum atomic E-state index is -4.57. The molecule has 0 aliphatic carbocycles. The van der Waals surface area contributed by atoms with Crippen LogP contribution in [0.25, 0.3) is 17.2 Å². The fourth-order valence-electron chi connectivity index (χ4n) is 4.25. The van der Waals surface area contributed by atoms with Gasteiger partial charge in [0.15, 0.2) is 17.2 Å². The third-order valence-corrected chi connectivity index (χ3v) is 5.88. The average Bonchev–Trinajstić information content (AvgIpc) is 3.19. The summed E-state index contributed by atoms with van der Waals surface area (Å²) in [4.78, 5) is 18.6. The molecule has 0 saturated carbocycles. The summed E-state index contributed by atoms with van der Waals surface area (Å²) in [6.07, 6.45) is 4.08. The maximum absolute atomic E-state index is 13.1. The first kappa shape index (κ1) is 21.7. The van der Waals surface area contributed by atoms with Crippen LogP contribution >= 0.6 is 0 Å². The topological polar surface area (TPSA) is 109 Å². The Hall–Kier alpha value is -3.50. The number of nitrogens with zero attached hydrogens (tertiary/aromatic N) is 6. The Bertz CT molecular complexity index is 1170. The smallest absolute Gasteiger partial charge is 0.404 e. The molecule has 1 saturated heterocycles. The van der Waals surface area contributed by atoms with Gasteiger partial charge in [0.1, 0.15) is 11.5 Å². The van der Waals surface area contributed by atoms with E-state index in [0.29, 0.717) is 17.4 Å². The molecule has 3 atom stereocenters. The largest absolute Gasteiger partial charge is 0.434 e. The molecule has 3 aromatic rings. The second-order valence-corrected chi connectivity index (χ2v) is 8.03. The Morgan fingerprint density at radius 2 is 2.00 bits per heavy atom. The van der Waals surface area contributed by atoms with Gasteiger partial charge in [0.05, 0.1) is 12.4 Å². The number of alkyl halides is 3. The standard InChI is InChI=1S/C21H23F3N8/c1-12-5-15(14(6-25)7-26)13(2)31(10-12)18-3-4-27-20(30-18)16-8-29-19-9-28-17(11-32(16)19)21(22,23)24/h3-4,6-9,11-13,15,25H,5,10,26H2,1-2H3/b14-7+,25-6?. The van der Waals surface area contributed by atoms with Crippen LogP contribution in [0, 0.1) is 17.2 Å². The molecule has 0 bridgehead atoms. The van der Waals surface area contributed by atoms with Crippen LogP contribution < -0.4 is 10.6 Å². The summed E-state index contributed by atoms with van der Waals surface area (Å²) in [6.45, 7) is 4.93. The predicted molar refractivity (Wildman–Crippen MR) is 114 cm³/mol. The molecule has 3 unspecified atom stereocenters. The molecular formula is C21H23F3N8. The Morgan fingerprint density at radius 1 is 1.22 bits per heavy atom. The second kappa shape index (κ2) is 8.21. The Labute approximate surface area is 182 Å². The Kier molecular flexibility index (Phi) is 5.57. The van der Waals surface area contributed by atoms with Crippen molar-refractivity contribution in [3.05, 3.63) is 48.3 Å². The number of hydrogen-bond acceptors (Lipinski definition) is 7. The molecule has 32 heavy (non-hydrogen) atoms. The van der Waals surface area contributed by atoms with E-state index < -0.39 is 11.9 Å². The van der Waals surface area contributed by atoms with Crippen molar-refractivity contribution in [3.63, 3.8) is 0 Å². The van der Waals surface area contributed by atoms with Crippen LogP contribution in [0.3, 0.4) is 0 Å². The van der Waals surface area contributed by atoms with Crippen molar-refractivity contribution >= 4 is 17.7 Å². The van der Waals surface area contributed by atoms with E-state index in [2.05, 4.69) is 38.7 Å². The first-order chi connectivity index (χ1) is 15.2. The van der Waals surface area contributed by atoms with Crippen LogP contribution in [0.5, 0.6) is 0 Å². The number of piperidine rings is 1. The van der Waals surface area contributed by atoms with Crippen molar-refractivity contribution in [3.8, 4) is 11.5 Å². The van der Waals surface area contributed by atoms with Gasteiger partial charge in [-0.1, -0.05) is 6.92 Å². The molecule has 0 spiro atoms. The number of imidazole rings is 1. The Balaban J connectivity index is 1.73. The molecule has 8 nitrogen and oxygen atoms in total. The number of nitrogens with one attached hydrogen (secondary N) is 1. The normalized spacial score (nSPS) is 22.3. The molecule has 168 valence electrons. The van der Waals surface area contributed by atoms with Crippen LogP contribution in [0.2, 0.25) is 0 Å². The van der Waals surface area contributed by atoms with Crippen molar-refractivity contribution in [2.75, 3.05) is 11.4 Å². The molecule has 0 amide bonds. The molecular weight excluding hydrogens is 421 g/mol. The van der Waals surface area contributed by atoms with Crippen molar-refractivity contribution < 1.29 is 13.2 Å². The summed E-state index contributed by atoms with van der Waals surface area (Å²) in [5, 5.41) is 7.68. The zero-order valence-electron chi connectivity index (χ0n) is 17.6. The molecule has 1 fully saturated rings. The second-order valence-electron chi connectivity index (χ2n) is 8.03. The molecule has 0 aromatic carbocycles. The minimum absolute atomic E-state index is 0.0218. The van der Waals surface area contributed by atoms with Crippen LogP contribution in [-0.2, 0) is 6.18 Å². The first-order valence-electron chi connectivity index (χ1n) is 10.2. The summed E-state index contributed by atoms with van der Waals surface area (Å²) in [5.74, 6) is 1.31. The van der Waals surface area contributed by atoms with Crippen molar-refractivity contribution in [1.82, 2.24) is 24.3 Å². The highest BCUT2D eigenvalue weighted by atomic mass is 19.4. The number of aromatic nitrogens is 5. The third kappa shape index (κ3) is 3.90. The number of rotatable bonds is 4. The summed E-state index contributed by atoms with van der Waals surface area (Å²) in [7, 11) is 0. The van der Waals surface area contributed by atoms with Crippen LogP contribution in [0.1, 0.15) is 26.0 Å². The number of hydrogen-bond donors (Lipinski definition) is 2. The van der Waals surface area contributed by atoms with E-state index in [1.807, 2.05) is 0 Å². The first-order valence-corrected chi connectivity index (χ1v) is 10.2. The molecule has 4 rings (SSSR count). The maximum atomic E-state index is 13.1. The summed E-state index contributed by atoms with van der Waals surface area (Å²) in [6, 6.07) is 1.80. The van der Waals surface area contributed by atoms with Gasteiger partial charge in [0, 0.05) is 37.1 Å². The summed E-state index contributed by atoms with van der Waals surface area (Å²) < 4.78 is 40.7. The van der Waals surface area contributed by atoms with Gasteiger partial charge in [-0.3, -0.25) is 4.40 Å². The number of anilines is 1. The molecule has 11 heteroatoms. The van der Waals surface area contributed by atoms with Gasteiger partial charge in [-0.05, 0) is 37.1 Å². The van der Waals surface area contributed by atoms with Gasteiger partial charge in [-0.2, -0.15) is 13.2 Å². The van der Waals surface area contributed by atoms with Gasteiger partial charge in [0.25, 0.3) is 0 Å². The fraction of sp³-hybridized carbons (Fsp3) is 0.381. The van der Waals surface area contributed by atoms with Gasteiger partial charge >= 0.3 is 6.18 Å². The molecule has 3 N–H and O–H groups in total. The quantitative estimate of drug-likeness (QED) is 0.596.